The zero-order valence-electron chi connectivity index (χ0n) is 17.6. The molecular weight excluding hydrogens is 460 g/mol. The Bertz CT molecular complexity index is 1070. The molecule has 1 aromatic carbocycles. The van der Waals surface area contributed by atoms with E-state index in [0.717, 1.165) is 24.2 Å². The zero-order chi connectivity index (χ0) is 21.3. The fraction of sp³-hybridized carbons (Fsp3) is 0.391. The smallest absolute Gasteiger partial charge is 0.248 e. The van der Waals surface area contributed by atoms with Gasteiger partial charge in [-0.15, -0.1) is 0 Å². The Morgan fingerprint density at radius 2 is 1.90 bits per heavy atom. The number of aryl methyl sites for hydroxylation is 2. The molecule has 1 fully saturated rings. The van der Waals surface area contributed by atoms with Crippen LogP contribution in [-0.4, -0.2) is 32.9 Å². The number of halogens is 1. The molecule has 4 rings (SSSR count). The molecule has 1 aliphatic heterocycles. The van der Waals surface area contributed by atoms with Crippen molar-refractivity contribution in [3.63, 3.8) is 0 Å². The van der Waals surface area contributed by atoms with E-state index in [0.29, 0.717) is 10.4 Å². The standard InChI is InChI=1S/C23H27BrN4OS/c1-15-7-10-21(24)25-22(15)26-23(29)17(3)28-14-16(2)19-13-18(8-9-20(19)28)30-27-11-5-4-6-12-27/h7-10,13-14,17H,4-6,11-12H2,1-3H3,(H,25,26,29). The molecule has 3 aromatic rings. The van der Waals surface area contributed by atoms with Gasteiger partial charge in [0.15, 0.2) is 0 Å². The van der Waals surface area contributed by atoms with E-state index in [1.54, 1.807) is 0 Å². The van der Waals surface area contributed by atoms with Gasteiger partial charge >= 0.3 is 0 Å². The lowest BCUT2D eigenvalue weighted by Crippen LogP contribution is -2.24. The van der Waals surface area contributed by atoms with Crippen molar-refractivity contribution in [1.29, 1.82) is 0 Å². The maximum absolute atomic E-state index is 13.0. The first-order valence-corrected chi connectivity index (χ1v) is 12.0. The predicted octanol–water partition coefficient (Wildman–Crippen LogP) is 6.11. The molecule has 1 aliphatic rings. The number of carbonyl (C=O) groups excluding carboxylic acids is 1. The fourth-order valence-corrected chi connectivity index (χ4v) is 5.21. The van der Waals surface area contributed by atoms with Crippen LogP contribution in [-0.2, 0) is 4.79 Å². The van der Waals surface area contributed by atoms with Gasteiger partial charge in [-0.3, -0.25) is 4.79 Å². The van der Waals surface area contributed by atoms with E-state index in [4.69, 9.17) is 0 Å². The van der Waals surface area contributed by atoms with Crippen LogP contribution in [0.2, 0.25) is 0 Å². The van der Waals surface area contributed by atoms with Crippen LogP contribution in [0.25, 0.3) is 10.9 Å². The minimum Gasteiger partial charge on any atom is -0.335 e. The van der Waals surface area contributed by atoms with Crippen molar-refractivity contribution in [1.82, 2.24) is 13.9 Å². The number of hydrogen-bond donors (Lipinski definition) is 1. The molecule has 1 unspecified atom stereocenters. The van der Waals surface area contributed by atoms with Gasteiger partial charge in [-0.1, -0.05) is 12.5 Å². The second-order valence-corrected chi connectivity index (χ2v) is 9.93. The van der Waals surface area contributed by atoms with E-state index in [1.807, 2.05) is 37.9 Å². The van der Waals surface area contributed by atoms with Gasteiger partial charge in [0.1, 0.15) is 16.5 Å². The van der Waals surface area contributed by atoms with Gasteiger partial charge in [-0.25, -0.2) is 9.29 Å². The molecule has 1 amide bonds. The highest BCUT2D eigenvalue weighted by molar-refractivity contribution is 9.10. The molecule has 0 radical (unpaired) electrons. The number of pyridine rings is 1. The number of rotatable bonds is 5. The summed E-state index contributed by atoms with van der Waals surface area (Å²) in [5, 5.41) is 4.18. The zero-order valence-corrected chi connectivity index (χ0v) is 20.0. The highest BCUT2D eigenvalue weighted by atomic mass is 79.9. The van der Waals surface area contributed by atoms with Gasteiger partial charge in [-0.2, -0.15) is 0 Å². The average molecular weight is 487 g/mol. The minimum absolute atomic E-state index is 0.0765. The Morgan fingerprint density at radius 3 is 2.67 bits per heavy atom. The molecule has 30 heavy (non-hydrogen) atoms. The van der Waals surface area contributed by atoms with Crippen LogP contribution in [0.5, 0.6) is 0 Å². The number of nitrogens with one attached hydrogen (secondary N) is 1. The third kappa shape index (κ3) is 4.58. The molecule has 5 nitrogen and oxygen atoms in total. The maximum Gasteiger partial charge on any atom is 0.248 e. The molecule has 0 aliphatic carbocycles. The molecule has 1 N–H and O–H groups in total. The van der Waals surface area contributed by atoms with E-state index in [9.17, 15) is 4.79 Å². The predicted molar refractivity (Wildman–Crippen MR) is 128 cm³/mol. The van der Waals surface area contributed by atoms with E-state index < -0.39 is 0 Å². The summed E-state index contributed by atoms with van der Waals surface area (Å²) in [5.41, 5.74) is 3.20. The van der Waals surface area contributed by atoms with Crippen LogP contribution < -0.4 is 5.32 Å². The van der Waals surface area contributed by atoms with Crippen molar-refractivity contribution in [2.24, 2.45) is 0 Å². The monoisotopic (exact) mass is 486 g/mol. The summed E-state index contributed by atoms with van der Waals surface area (Å²) in [7, 11) is 0. The van der Waals surface area contributed by atoms with Crippen LogP contribution in [0.15, 0.2) is 46.0 Å². The summed E-state index contributed by atoms with van der Waals surface area (Å²) in [6.45, 7) is 8.29. The summed E-state index contributed by atoms with van der Waals surface area (Å²) in [6, 6.07) is 10.0. The van der Waals surface area contributed by atoms with Gasteiger partial charge in [0.05, 0.1) is 0 Å². The second-order valence-electron chi connectivity index (χ2n) is 7.94. The minimum atomic E-state index is -0.345. The van der Waals surface area contributed by atoms with E-state index in [2.05, 4.69) is 66.4 Å². The third-order valence-corrected chi connectivity index (χ3v) is 7.18. The van der Waals surface area contributed by atoms with E-state index in [-0.39, 0.29) is 11.9 Å². The largest absolute Gasteiger partial charge is 0.335 e. The number of fused-ring (bicyclic) bond motifs is 1. The van der Waals surface area contributed by atoms with E-state index in [1.165, 1.54) is 35.1 Å². The molecule has 1 saturated heterocycles. The lowest BCUT2D eigenvalue weighted by atomic mass is 10.2. The quantitative estimate of drug-likeness (QED) is 0.349. The summed E-state index contributed by atoms with van der Waals surface area (Å²) in [4.78, 5) is 18.6. The van der Waals surface area contributed by atoms with Crippen LogP contribution in [0.4, 0.5) is 5.82 Å². The molecule has 158 valence electrons. The first-order valence-electron chi connectivity index (χ1n) is 10.4. The van der Waals surface area contributed by atoms with Crippen molar-refractivity contribution in [2.75, 3.05) is 18.4 Å². The lowest BCUT2D eigenvalue weighted by Gasteiger charge is -2.25. The van der Waals surface area contributed by atoms with Gasteiger partial charge < -0.3 is 9.88 Å². The number of amides is 1. The van der Waals surface area contributed by atoms with Crippen LogP contribution in [0, 0.1) is 13.8 Å². The molecular formula is C23H27BrN4OS. The molecule has 2 aromatic heterocycles. The molecule has 1 atom stereocenters. The van der Waals surface area contributed by atoms with Crippen molar-refractivity contribution in [3.8, 4) is 0 Å². The van der Waals surface area contributed by atoms with Crippen LogP contribution >= 0.6 is 27.9 Å². The van der Waals surface area contributed by atoms with Crippen LogP contribution in [0.3, 0.4) is 0 Å². The Morgan fingerprint density at radius 1 is 1.13 bits per heavy atom. The third-order valence-electron chi connectivity index (χ3n) is 5.65. The molecule has 0 saturated carbocycles. The Labute approximate surface area is 190 Å². The number of anilines is 1. The van der Waals surface area contributed by atoms with Crippen molar-refractivity contribution >= 4 is 50.5 Å². The number of benzene rings is 1. The lowest BCUT2D eigenvalue weighted by molar-refractivity contribution is -0.118. The first-order chi connectivity index (χ1) is 14.4. The first kappa shape index (κ1) is 21.4. The van der Waals surface area contributed by atoms with Gasteiger partial charge in [-0.05, 0) is 96.9 Å². The highest BCUT2D eigenvalue weighted by Crippen LogP contribution is 2.32. The number of nitrogens with zero attached hydrogens (tertiary/aromatic N) is 3. The van der Waals surface area contributed by atoms with Gasteiger partial charge in [0, 0.05) is 35.1 Å². The van der Waals surface area contributed by atoms with Crippen molar-refractivity contribution in [2.45, 2.75) is 51.0 Å². The summed E-state index contributed by atoms with van der Waals surface area (Å²) in [6.07, 6.45) is 5.98. The number of carbonyl (C=O) groups is 1. The maximum atomic E-state index is 13.0. The second kappa shape index (κ2) is 9.12. The number of piperidine rings is 1. The normalized spacial score (nSPS) is 16.0. The molecule has 0 spiro atoms. The van der Waals surface area contributed by atoms with Gasteiger partial charge in [0.25, 0.3) is 0 Å². The fourth-order valence-electron chi connectivity index (χ4n) is 3.87. The number of aromatic nitrogens is 2. The van der Waals surface area contributed by atoms with Crippen molar-refractivity contribution < 1.29 is 4.79 Å². The van der Waals surface area contributed by atoms with Crippen molar-refractivity contribution in [3.05, 3.63) is 52.3 Å². The Kier molecular flexibility index (Phi) is 6.51. The van der Waals surface area contributed by atoms with E-state index >= 15 is 0 Å². The van der Waals surface area contributed by atoms with Crippen LogP contribution in [0.1, 0.15) is 43.4 Å². The highest BCUT2D eigenvalue weighted by Gasteiger charge is 2.20. The Balaban J connectivity index is 1.55. The summed E-state index contributed by atoms with van der Waals surface area (Å²) < 4.78 is 5.22. The molecule has 3 heterocycles. The summed E-state index contributed by atoms with van der Waals surface area (Å²) in [5.74, 6) is 0.516. The van der Waals surface area contributed by atoms with Gasteiger partial charge in [0.2, 0.25) is 5.91 Å². The summed E-state index contributed by atoms with van der Waals surface area (Å²) >= 11 is 5.22. The molecule has 7 heteroatoms. The Hall–Kier alpha value is -1.83. The average Bonchev–Trinajstić information content (AvgIpc) is 3.07. The molecule has 0 bridgehead atoms. The topological polar surface area (TPSA) is 50.2 Å². The number of hydrogen-bond acceptors (Lipinski definition) is 4. The SMILES string of the molecule is Cc1ccc(Br)nc1NC(=O)C(C)n1cc(C)c2cc(SN3CCCCC3)ccc21.